The molecule has 1 aromatic heterocycles. The molecular formula is C23H26N4O2. The molecule has 0 spiro atoms. The predicted molar refractivity (Wildman–Crippen MR) is 113 cm³/mol. The molecule has 2 N–H and O–H groups in total. The lowest BCUT2D eigenvalue weighted by atomic mass is 10.1. The summed E-state index contributed by atoms with van der Waals surface area (Å²) in [4.78, 5) is 15.0. The molecule has 3 aromatic rings. The maximum Gasteiger partial charge on any atom is 0.227 e. The molecule has 4 rings (SSSR count). The van der Waals surface area contributed by atoms with Crippen LogP contribution < -0.4 is 10.5 Å². The molecule has 1 aliphatic rings. The van der Waals surface area contributed by atoms with Gasteiger partial charge < -0.3 is 15.4 Å². The van der Waals surface area contributed by atoms with Gasteiger partial charge in [0, 0.05) is 36.5 Å². The van der Waals surface area contributed by atoms with Crippen molar-refractivity contribution < 1.29 is 9.53 Å². The minimum Gasteiger partial charge on any atom is -0.497 e. The monoisotopic (exact) mass is 390 g/mol. The van der Waals surface area contributed by atoms with Crippen LogP contribution in [-0.4, -0.2) is 46.8 Å². The van der Waals surface area contributed by atoms with E-state index >= 15 is 0 Å². The number of benzene rings is 2. The molecule has 1 atom stereocenters. The van der Waals surface area contributed by atoms with E-state index in [9.17, 15) is 4.79 Å². The summed E-state index contributed by atoms with van der Waals surface area (Å²) in [6.07, 6.45) is 4.27. The van der Waals surface area contributed by atoms with E-state index in [1.807, 2.05) is 70.4 Å². The van der Waals surface area contributed by atoms with Gasteiger partial charge in [-0.2, -0.15) is 5.10 Å². The summed E-state index contributed by atoms with van der Waals surface area (Å²) in [6, 6.07) is 17.9. The van der Waals surface area contributed by atoms with Crippen LogP contribution in [0.15, 0.2) is 60.8 Å². The SMILES string of the molecule is COc1ccc(-c2nn(-c3ccccc3)cc2CC(=O)N2CCCC2CN)cc1. The third-order valence-corrected chi connectivity index (χ3v) is 5.49. The molecule has 0 aliphatic carbocycles. The van der Waals surface area contributed by atoms with Crippen LogP contribution in [0.3, 0.4) is 0 Å². The van der Waals surface area contributed by atoms with E-state index in [1.165, 1.54) is 0 Å². The van der Waals surface area contributed by atoms with E-state index in [1.54, 1.807) is 7.11 Å². The Morgan fingerprint density at radius 1 is 1.17 bits per heavy atom. The Hall–Kier alpha value is -3.12. The first-order valence-corrected chi connectivity index (χ1v) is 9.97. The number of ether oxygens (including phenoxy) is 1. The number of nitrogens with two attached hydrogens (primary N) is 1. The van der Waals surface area contributed by atoms with E-state index in [0.717, 1.165) is 47.6 Å². The topological polar surface area (TPSA) is 73.4 Å². The third kappa shape index (κ3) is 4.03. The fourth-order valence-electron chi connectivity index (χ4n) is 3.92. The van der Waals surface area contributed by atoms with Gasteiger partial charge in [0.05, 0.1) is 24.9 Å². The molecule has 29 heavy (non-hydrogen) atoms. The second kappa shape index (κ2) is 8.49. The molecule has 6 nitrogen and oxygen atoms in total. The molecule has 1 unspecified atom stereocenters. The normalized spacial score (nSPS) is 16.2. The summed E-state index contributed by atoms with van der Waals surface area (Å²) in [6.45, 7) is 1.30. The van der Waals surface area contributed by atoms with Crippen molar-refractivity contribution in [2.24, 2.45) is 5.73 Å². The molecule has 0 bridgehead atoms. The van der Waals surface area contributed by atoms with E-state index in [2.05, 4.69) is 0 Å². The summed E-state index contributed by atoms with van der Waals surface area (Å²) in [5, 5.41) is 4.81. The molecule has 150 valence electrons. The second-order valence-electron chi connectivity index (χ2n) is 7.31. The lowest BCUT2D eigenvalue weighted by molar-refractivity contribution is -0.131. The van der Waals surface area contributed by atoms with E-state index < -0.39 is 0 Å². The van der Waals surface area contributed by atoms with Crippen LogP contribution in [0.1, 0.15) is 18.4 Å². The summed E-state index contributed by atoms with van der Waals surface area (Å²) in [5.41, 5.74) is 9.50. The van der Waals surface area contributed by atoms with E-state index in [4.69, 9.17) is 15.6 Å². The van der Waals surface area contributed by atoms with Gasteiger partial charge in [0.25, 0.3) is 0 Å². The molecule has 1 saturated heterocycles. The number of aromatic nitrogens is 2. The Bertz CT molecular complexity index is 966. The summed E-state index contributed by atoms with van der Waals surface area (Å²) < 4.78 is 7.11. The molecular weight excluding hydrogens is 364 g/mol. The maximum atomic E-state index is 13.0. The number of carbonyl (C=O) groups excluding carboxylic acids is 1. The van der Waals surface area contributed by atoms with Gasteiger partial charge >= 0.3 is 0 Å². The summed E-state index contributed by atoms with van der Waals surface area (Å²) >= 11 is 0. The zero-order valence-electron chi connectivity index (χ0n) is 16.6. The molecule has 1 aliphatic heterocycles. The number of amides is 1. The number of nitrogens with zero attached hydrogens (tertiary/aromatic N) is 3. The van der Waals surface area contributed by atoms with Crippen molar-refractivity contribution >= 4 is 5.91 Å². The van der Waals surface area contributed by atoms with Crippen molar-refractivity contribution in [3.8, 4) is 22.7 Å². The standard InChI is InChI=1S/C23H26N4O2/c1-29-21-11-9-17(10-12-21)23-18(14-22(28)26-13-5-8-20(26)15-24)16-27(25-23)19-6-3-2-4-7-19/h2-4,6-7,9-12,16,20H,5,8,13-15,24H2,1H3. The number of likely N-dealkylation sites (tertiary alicyclic amines) is 1. The van der Waals surface area contributed by atoms with Crippen LogP contribution in [0.5, 0.6) is 5.75 Å². The molecule has 2 aromatic carbocycles. The van der Waals surface area contributed by atoms with Gasteiger partial charge in [-0.25, -0.2) is 4.68 Å². The van der Waals surface area contributed by atoms with E-state index in [-0.39, 0.29) is 11.9 Å². The first-order valence-electron chi connectivity index (χ1n) is 9.97. The smallest absolute Gasteiger partial charge is 0.227 e. The van der Waals surface area contributed by atoms with Crippen LogP contribution in [0.4, 0.5) is 0 Å². The number of carbonyl (C=O) groups is 1. The highest BCUT2D eigenvalue weighted by molar-refractivity contribution is 5.82. The number of para-hydroxylation sites is 1. The van der Waals surface area contributed by atoms with Crippen molar-refractivity contribution in [1.82, 2.24) is 14.7 Å². The minimum atomic E-state index is 0.111. The molecule has 0 radical (unpaired) electrons. The highest BCUT2D eigenvalue weighted by atomic mass is 16.5. The van der Waals surface area contributed by atoms with Crippen LogP contribution >= 0.6 is 0 Å². The molecule has 1 amide bonds. The Morgan fingerprint density at radius 2 is 1.93 bits per heavy atom. The van der Waals surface area contributed by atoms with Gasteiger partial charge in [-0.15, -0.1) is 0 Å². The van der Waals surface area contributed by atoms with E-state index in [0.29, 0.717) is 13.0 Å². The Balaban J connectivity index is 1.68. The first-order chi connectivity index (χ1) is 14.2. The zero-order chi connectivity index (χ0) is 20.2. The summed E-state index contributed by atoms with van der Waals surface area (Å²) in [5.74, 6) is 0.900. The van der Waals surface area contributed by atoms with Crippen LogP contribution in [-0.2, 0) is 11.2 Å². The zero-order valence-corrected chi connectivity index (χ0v) is 16.6. The number of hydrogen-bond acceptors (Lipinski definition) is 4. The third-order valence-electron chi connectivity index (χ3n) is 5.49. The average molecular weight is 390 g/mol. The summed E-state index contributed by atoms with van der Waals surface area (Å²) in [7, 11) is 1.65. The number of methoxy groups -OCH3 is 1. The van der Waals surface area contributed by atoms with Gasteiger partial charge in [0.1, 0.15) is 5.75 Å². The van der Waals surface area contributed by atoms with Crippen molar-refractivity contribution in [1.29, 1.82) is 0 Å². The maximum absolute atomic E-state index is 13.0. The number of hydrogen-bond donors (Lipinski definition) is 1. The van der Waals surface area contributed by atoms with Crippen molar-refractivity contribution in [3.05, 3.63) is 66.4 Å². The van der Waals surface area contributed by atoms with Crippen molar-refractivity contribution in [3.63, 3.8) is 0 Å². The Morgan fingerprint density at radius 3 is 2.62 bits per heavy atom. The largest absolute Gasteiger partial charge is 0.497 e. The molecule has 1 fully saturated rings. The highest BCUT2D eigenvalue weighted by Crippen LogP contribution is 2.27. The van der Waals surface area contributed by atoms with Gasteiger partial charge in [-0.1, -0.05) is 18.2 Å². The second-order valence-corrected chi connectivity index (χ2v) is 7.31. The van der Waals surface area contributed by atoms with Gasteiger partial charge in [-0.05, 0) is 49.2 Å². The van der Waals surface area contributed by atoms with Crippen LogP contribution in [0, 0.1) is 0 Å². The quantitative estimate of drug-likeness (QED) is 0.702. The molecule has 6 heteroatoms. The van der Waals surface area contributed by atoms with Crippen LogP contribution in [0.2, 0.25) is 0 Å². The Kier molecular flexibility index (Phi) is 5.62. The Labute approximate surface area is 170 Å². The van der Waals surface area contributed by atoms with Crippen molar-refractivity contribution in [2.75, 3.05) is 20.2 Å². The molecule has 2 heterocycles. The lowest BCUT2D eigenvalue weighted by Crippen LogP contribution is -2.40. The van der Waals surface area contributed by atoms with Gasteiger partial charge in [0.15, 0.2) is 0 Å². The molecule has 0 saturated carbocycles. The lowest BCUT2D eigenvalue weighted by Gasteiger charge is -2.23. The highest BCUT2D eigenvalue weighted by Gasteiger charge is 2.28. The van der Waals surface area contributed by atoms with Gasteiger partial charge in [0.2, 0.25) is 5.91 Å². The fraction of sp³-hybridized carbons (Fsp3) is 0.304. The minimum absolute atomic E-state index is 0.111. The predicted octanol–water partition coefficient (Wildman–Crippen LogP) is 3.04. The van der Waals surface area contributed by atoms with Crippen LogP contribution in [0.25, 0.3) is 16.9 Å². The first kappa shape index (κ1) is 19.2. The van der Waals surface area contributed by atoms with Crippen molar-refractivity contribution in [2.45, 2.75) is 25.3 Å². The number of rotatable bonds is 6. The average Bonchev–Trinajstić information content (AvgIpc) is 3.41. The fourth-order valence-corrected chi connectivity index (χ4v) is 3.92. The van der Waals surface area contributed by atoms with Gasteiger partial charge in [-0.3, -0.25) is 4.79 Å².